The lowest BCUT2D eigenvalue weighted by Gasteiger charge is -2.34. The molecule has 21 heavy (non-hydrogen) atoms. The molecule has 2 amide bonds. The number of hydrogen-bond acceptors (Lipinski definition) is 2. The maximum Gasteiger partial charge on any atom is 0.245 e. The first-order valence-corrected chi connectivity index (χ1v) is 7.81. The van der Waals surface area contributed by atoms with Crippen LogP contribution in [-0.4, -0.2) is 35.8 Å². The van der Waals surface area contributed by atoms with Crippen molar-refractivity contribution >= 4 is 17.5 Å². The highest BCUT2D eigenvalue weighted by molar-refractivity contribution is 6.00. The Bertz CT molecular complexity index is 481. The topological polar surface area (TPSA) is 40.6 Å². The van der Waals surface area contributed by atoms with Crippen molar-refractivity contribution in [2.75, 3.05) is 18.0 Å². The van der Waals surface area contributed by atoms with Crippen LogP contribution < -0.4 is 4.90 Å². The van der Waals surface area contributed by atoms with E-state index in [1.807, 2.05) is 49.1 Å². The Morgan fingerprint density at radius 3 is 2.33 bits per heavy atom. The molecule has 114 valence electrons. The number of nitrogens with zero attached hydrogens (tertiary/aromatic N) is 2. The summed E-state index contributed by atoms with van der Waals surface area (Å²) in [7, 11) is 0. The van der Waals surface area contributed by atoms with Crippen LogP contribution in [0.3, 0.4) is 0 Å². The number of hydrogen-bond donors (Lipinski definition) is 0. The van der Waals surface area contributed by atoms with Crippen molar-refractivity contribution in [2.24, 2.45) is 0 Å². The maximum absolute atomic E-state index is 12.7. The zero-order valence-electron chi connectivity index (χ0n) is 12.9. The fraction of sp³-hybridized carbons (Fsp3) is 0.529. The van der Waals surface area contributed by atoms with Crippen molar-refractivity contribution in [1.29, 1.82) is 0 Å². The second-order valence-corrected chi connectivity index (χ2v) is 5.51. The van der Waals surface area contributed by atoms with E-state index in [4.69, 9.17) is 0 Å². The molecule has 0 N–H and O–H groups in total. The van der Waals surface area contributed by atoms with Crippen molar-refractivity contribution in [3.05, 3.63) is 30.3 Å². The van der Waals surface area contributed by atoms with Crippen molar-refractivity contribution in [2.45, 2.75) is 45.6 Å². The molecule has 2 rings (SSSR count). The molecule has 4 heteroatoms. The van der Waals surface area contributed by atoms with Gasteiger partial charge in [0, 0.05) is 25.2 Å². The standard InChI is InChI=1S/C17H24N2O2/c1-3-16(20)19(15-10-6-4-7-11-15)14(2)17(21)18-12-8-5-9-13-18/h4,6-7,10-11,14H,3,5,8-9,12-13H2,1-2H3. The average molecular weight is 288 g/mol. The highest BCUT2D eigenvalue weighted by atomic mass is 16.2. The van der Waals surface area contributed by atoms with Gasteiger partial charge < -0.3 is 9.80 Å². The Morgan fingerprint density at radius 2 is 1.76 bits per heavy atom. The summed E-state index contributed by atoms with van der Waals surface area (Å²) in [6.07, 6.45) is 3.71. The van der Waals surface area contributed by atoms with Crippen molar-refractivity contribution in [3.63, 3.8) is 0 Å². The van der Waals surface area contributed by atoms with Crippen LogP contribution in [0, 0.1) is 0 Å². The van der Waals surface area contributed by atoms with E-state index in [1.165, 1.54) is 6.42 Å². The lowest BCUT2D eigenvalue weighted by atomic mass is 10.1. The summed E-state index contributed by atoms with van der Waals surface area (Å²) in [5, 5.41) is 0. The summed E-state index contributed by atoms with van der Waals surface area (Å²) in [6, 6.07) is 9.02. The second kappa shape index (κ2) is 7.25. The Balaban J connectivity index is 2.19. The smallest absolute Gasteiger partial charge is 0.245 e. The molecule has 1 saturated heterocycles. The molecule has 4 nitrogen and oxygen atoms in total. The van der Waals surface area contributed by atoms with Gasteiger partial charge in [0.15, 0.2) is 0 Å². The Kier molecular flexibility index (Phi) is 5.37. The monoisotopic (exact) mass is 288 g/mol. The molecular weight excluding hydrogens is 264 g/mol. The number of rotatable bonds is 4. The number of likely N-dealkylation sites (tertiary alicyclic amines) is 1. The van der Waals surface area contributed by atoms with Gasteiger partial charge in [-0.3, -0.25) is 9.59 Å². The minimum atomic E-state index is -0.446. The minimum absolute atomic E-state index is 0.0148. The molecule has 1 aromatic carbocycles. The van der Waals surface area contributed by atoms with Crippen LogP contribution in [0.2, 0.25) is 0 Å². The van der Waals surface area contributed by atoms with E-state index >= 15 is 0 Å². The van der Waals surface area contributed by atoms with Crippen LogP contribution in [0.4, 0.5) is 5.69 Å². The number of anilines is 1. The second-order valence-electron chi connectivity index (χ2n) is 5.51. The van der Waals surface area contributed by atoms with Crippen molar-refractivity contribution in [1.82, 2.24) is 4.90 Å². The first kappa shape index (κ1) is 15.5. The van der Waals surface area contributed by atoms with Gasteiger partial charge in [-0.25, -0.2) is 0 Å². The minimum Gasteiger partial charge on any atom is -0.341 e. The van der Waals surface area contributed by atoms with Gasteiger partial charge in [0.2, 0.25) is 11.8 Å². The third-order valence-corrected chi connectivity index (χ3v) is 4.02. The summed E-state index contributed by atoms with van der Waals surface area (Å²) in [4.78, 5) is 28.5. The van der Waals surface area contributed by atoms with Gasteiger partial charge >= 0.3 is 0 Å². The molecule has 1 aliphatic rings. The van der Waals surface area contributed by atoms with Gasteiger partial charge in [0.25, 0.3) is 0 Å². The van der Waals surface area contributed by atoms with Gasteiger partial charge in [-0.2, -0.15) is 0 Å². The van der Waals surface area contributed by atoms with E-state index in [0.717, 1.165) is 31.6 Å². The zero-order valence-corrected chi connectivity index (χ0v) is 12.9. The molecule has 0 spiro atoms. The first-order chi connectivity index (χ1) is 10.1. The number of para-hydroxylation sites is 1. The fourth-order valence-electron chi connectivity index (χ4n) is 2.83. The average Bonchev–Trinajstić information content (AvgIpc) is 2.55. The van der Waals surface area contributed by atoms with Crippen LogP contribution in [0.25, 0.3) is 0 Å². The molecule has 1 aliphatic heterocycles. The Labute approximate surface area is 126 Å². The van der Waals surface area contributed by atoms with Gasteiger partial charge in [0.1, 0.15) is 6.04 Å². The molecule has 1 heterocycles. The molecule has 1 unspecified atom stereocenters. The highest BCUT2D eigenvalue weighted by Gasteiger charge is 2.30. The quantitative estimate of drug-likeness (QED) is 0.855. The molecular formula is C17H24N2O2. The lowest BCUT2D eigenvalue weighted by Crippen LogP contribution is -2.50. The first-order valence-electron chi connectivity index (χ1n) is 7.81. The number of piperidine rings is 1. The number of carbonyl (C=O) groups is 2. The van der Waals surface area contributed by atoms with Gasteiger partial charge in [-0.15, -0.1) is 0 Å². The van der Waals surface area contributed by atoms with Crippen LogP contribution in [0.5, 0.6) is 0 Å². The van der Waals surface area contributed by atoms with Crippen LogP contribution in [0.1, 0.15) is 39.5 Å². The Morgan fingerprint density at radius 1 is 1.14 bits per heavy atom. The van der Waals surface area contributed by atoms with Crippen LogP contribution in [0.15, 0.2) is 30.3 Å². The summed E-state index contributed by atoms with van der Waals surface area (Å²) in [6.45, 7) is 5.28. The summed E-state index contributed by atoms with van der Waals surface area (Å²) in [5.74, 6) is 0.0411. The van der Waals surface area contributed by atoms with Crippen molar-refractivity contribution < 1.29 is 9.59 Å². The normalized spacial score (nSPS) is 16.4. The molecule has 0 aliphatic carbocycles. The summed E-state index contributed by atoms with van der Waals surface area (Å²) < 4.78 is 0. The third-order valence-electron chi connectivity index (χ3n) is 4.02. The van der Waals surface area contributed by atoms with Gasteiger partial charge in [-0.05, 0) is 38.3 Å². The molecule has 0 aromatic heterocycles. The van der Waals surface area contributed by atoms with E-state index in [9.17, 15) is 9.59 Å². The fourth-order valence-corrected chi connectivity index (χ4v) is 2.83. The SMILES string of the molecule is CCC(=O)N(c1ccccc1)C(C)C(=O)N1CCCCC1. The van der Waals surface area contributed by atoms with Gasteiger partial charge in [-0.1, -0.05) is 25.1 Å². The number of amides is 2. The zero-order chi connectivity index (χ0) is 15.2. The van der Waals surface area contributed by atoms with Crippen LogP contribution in [-0.2, 0) is 9.59 Å². The predicted octanol–water partition coefficient (Wildman–Crippen LogP) is 2.83. The third kappa shape index (κ3) is 3.63. The van der Waals surface area contributed by atoms with Crippen LogP contribution >= 0.6 is 0 Å². The summed E-state index contributed by atoms with van der Waals surface area (Å²) >= 11 is 0. The molecule has 1 fully saturated rings. The molecule has 0 saturated carbocycles. The van der Waals surface area contributed by atoms with E-state index in [1.54, 1.807) is 4.90 Å². The molecule has 0 bridgehead atoms. The molecule has 0 radical (unpaired) electrons. The number of benzene rings is 1. The van der Waals surface area contributed by atoms with E-state index < -0.39 is 6.04 Å². The molecule has 1 aromatic rings. The number of carbonyl (C=O) groups excluding carboxylic acids is 2. The summed E-state index contributed by atoms with van der Waals surface area (Å²) in [5.41, 5.74) is 0.794. The van der Waals surface area contributed by atoms with Crippen molar-refractivity contribution in [3.8, 4) is 0 Å². The van der Waals surface area contributed by atoms with E-state index in [-0.39, 0.29) is 11.8 Å². The molecule has 1 atom stereocenters. The largest absolute Gasteiger partial charge is 0.341 e. The lowest BCUT2D eigenvalue weighted by molar-refractivity contribution is -0.135. The van der Waals surface area contributed by atoms with E-state index in [2.05, 4.69) is 0 Å². The predicted molar refractivity (Wildman–Crippen MR) is 84.1 cm³/mol. The van der Waals surface area contributed by atoms with Gasteiger partial charge in [0.05, 0.1) is 0 Å². The highest BCUT2D eigenvalue weighted by Crippen LogP contribution is 2.20. The van der Waals surface area contributed by atoms with E-state index in [0.29, 0.717) is 6.42 Å². The Hall–Kier alpha value is -1.84. The maximum atomic E-state index is 12.7.